The van der Waals surface area contributed by atoms with Gasteiger partial charge in [-0.2, -0.15) is 0 Å². The van der Waals surface area contributed by atoms with E-state index in [4.69, 9.17) is 0 Å². The van der Waals surface area contributed by atoms with Crippen molar-refractivity contribution in [2.75, 3.05) is 12.5 Å². The van der Waals surface area contributed by atoms with Crippen molar-refractivity contribution < 1.29 is 0 Å². The Morgan fingerprint density at radius 1 is 1.11 bits per heavy atom. The van der Waals surface area contributed by atoms with E-state index in [1.165, 1.54) is 6.42 Å². The lowest BCUT2D eigenvalue weighted by molar-refractivity contribution is 1.07. The van der Waals surface area contributed by atoms with Gasteiger partial charge in [0.1, 0.15) is 0 Å². The molecular weight excluding hydrogens is 188 g/mol. The van der Waals surface area contributed by atoms with Crippen LogP contribution in [0.5, 0.6) is 0 Å². The highest BCUT2D eigenvalue weighted by Crippen LogP contribution is 2.38. The van der Waals surface area contributed by atoms with Crippen LogP contribution in [0.4, 0.5) is 0 Å². The van der Waals surface area contributed by atoms with Gasteiger partial charge in [0.05, 0.1) is 4.58 Å². The van der Waals surface area contributed by atoms with Crippen LogP contribution in [0.2, 0.25) is 0 Å². The normalized spacial score (nSPS) is 10.7. The van der Waals surface area contributed by atoms with Gasteiger partial charge in [0.2, 0.25) is 0 Å². The van der Waals surface area contributed by atoms with Crippen molar-refractivity contribution in [3.63, 3.8) is 0 Å². The molecular formula is C5H12S4. The van der Waals surface area contributed by atoms with Crippen LogP contribution in [-0.4, -0.2) is 17.1 Å². The third kappa shape index (κ3) is 5.83. The summed E-state index contributed by atoms with van der Waals surface area (Å²) >= 11 is 0. The van der Waals surface area contributed by atoms with Crippen molar-refractivity contribution in [2.45, 2.75) is 17.9 Å². The zero-order valence-corrected chi connectivity index (χ0v) is 9.18. The van der Waals surface area contributed by atoms with Crippen molar-refractivity contribution in [3.05, 3.63) is 0 Å². The zero-order chi connectivity index (χ0) is 7.11. The fraction of sp³-hybridized carbons (Fsp3) is 1.00. The smallest absolute Gasteiger partial charge is 0.0706 e. The van der Waals surface area contributed by atoms with E-state index in [0.29, 0.717) is 0 Å². The standard InChI is InChI=1S/C5H12S4/c1-4-5(8-6-2)9-7-3/h5H,4H2,1-3H3. The minimum absolute atomic E-state index is 0.773. The molecule has 0 unspecified atom stereocenters. The average Bonchev–Trinajstić information content (AvgIpc) is 1.88. The van der Waals surface area contributed by atoms with Gasteiger partial charge in [0, 0.05) is 0 Å². The molecule has 0 saturated carbocycles. The van der Waals surface area contributed by atoms with Gasteiger partial charge in [-0.15, -0.1) is 0 Å². The molecule has 0 spiro atoms. The molecule has 0 aromatic carbocycles. The summed E-state index contributed by atoms with van der Waals surface area (Å²) in [5, 5.41) is 0. The van der Waals surface area contributed by atoms with E-state index in [0.717, 1.165) is 4.58 Å². The van der Waals surface area contributed by atoms with Crippen molar-refractivity contribution in [1.82, 2.24) is 0 Å². The summed E-state index contributed by atoms with van der Waals surface area (Å²) in [4.78, 5) is 0. The fourth-order valence-corrected chi connectivity index (χ4v) is 5.87. The SMILES string of the molecule is CCC(SSC)SSC. The van der Waals surface area contributed by atoms with Gasteiger partial charge in [-0.25, -0.2) is 0 Å². The van der Waals surface area contributed by atoms with Gasteiger partial charge < -0.3 is 0 Å². The molecule has 0 aromatic rings. The molecule has 0 N–H and O–H groups in total. The van der Waals surface area contributed by atoms with E-state index >= 15 is 0 Å². The maximum absolute atomic E-state index is 2.23. The van der Waals surface area contributed by atoms with Crippen LogP contribution in [0.3, 0.4) is 0 Å². The van der Waals surface area contributed by atoms with E-state index in [1.54, 1.807) is 0 Å². The Balaban J connectivity index is 3.18. The first-order valence-corrected chi connectivity index (χ1v) is 7.98. The van der Waals surface area contributed by atoms with E-state index in [-0.39, 0.29) is 0 Å². The summed E-state index contributed by atoms with van der Waals surface area (Å²) in [6, 6.07) is 0. The lowest BCUT2D eigenvalue weighted by atomic mass is 10.6. The van der Waals surface area contributed by atoms with Gasteiger partial charge in [-0.3, -0.25) is 0 Å². The summed E-state index contributed by atoms with van der Waals surface area (Å²) < 4.78 is 0.773. The molecule has 9 heavy (non-hydrogen) atoms. The average molecular weight is 200 g/mol. The first kappa shape index (κ1) is 10.4. The molecule has 0 nitrogen and oxygen atoms in total. The van der Waals surface area contributed by atoms with Crippen molar-refractivity contribution in [1.29, 1.82) is 0 Å². The highest BCUT2D eigenvalue weighted by Gasteiger charge is 2.04. The van der Waals surface area contributed by atoms with Crippen LogP contribution in [0.25, 0.3) is 0 Å². The first-order chi connectivity index (χ1) is 4.35. The predicted octanol–water partition coefficient (Wildman–Crippen LogP) is 3.74. The van der Waals surface area contributed by atoms with Crippen LogP contribution < -0.4 is 0 Å². The van der Waals surface area contributed by atoms with Gasteiger partial charge in [-0.1, -0.05) is 50.1 Å². The largest absolute Gasteiger partial charge is 0.0964 e. The highest BCUT2D eigenvalue weighted by atomic mass is 33.1. The Bertz CT molecular complexity index is 50.9. The quantitative estimate of drug-likeness (QED) is 0.489. The lowest BCUT2D eigenvalue weighted by Crippen LogP contribution is -1.87. The summed E-state index contributed by atoms with van der Waals surface area (Å²) in [5.74, 6) is 0. The molecule has 0 aliphatic carbocycles. The van der Waals surface area contributed by atoms with E-state index < -0.39 is 0 Å². The predicted molar refractivity (Wildman–Crippen MR) is 56.3 cm³/mol. The fourth-order valence-electron chi connectivity index (χ4n) is 0.367. The van der Waals surface area contributed by atoms with Gasteiger partial charge >= 0.3 is 0 Å². The Morgan fingerprint density at radius 2 is 1.56 bits per heavy atom. The van der Waals surface area contributed by atoms with Gasteiger partial charge in [0.25, 0.3) is 0 Å². The van der Waals surface area contributed by atoms with Crippen LogP contribution in [0, 0.1) is 0 Å². The molecule has 4 heteroatoms. The lowest BCUT2D eigenvalue weighted by Gasteiger charge is -2.08. The van der Waals surface area contributed by atoms with Crippen molar-refractivity contribution >= 4 is 43.2 Å². The summed E-state index contributed by atoms with van der Waals surface area (Å²) in [7, 11) is 7.63. The highest BCUT2D eigenvalue weighted by molar-refractivity contribution is 8.85. The molecule has 0 amide bonds. The summed E-state index contributed by atoms with van der Waals surface area (Å²) in [6.07, 6.45) is 5.53. The van der Waals surface area contributed by atoms with Crippen LogP contribution in [0.15, 0.2) is 0 Å². The topological polar surface area (TPSA) is 0 Å². The Kier molecular flexibility index (Phi) is 8.67. The minimum atomic E-state index is 0.773. The van der Waals surface area contributed by atoms with E-state index in [1.807, 2.05) is 43.2 Å². The molecule has 0 saturated heterocycles. The Hall–Kier alpha value is 1.40. The van der Waals surface area contributed by atoms with Crippen molar-refractivity contribution in [3.8, 4) is 0 Å². The van der Waals surface area contributed by atoms with E-state index in [2.05, 4.69) is 19.4 Å². The molecule has 0 aromatic heterocycles. The molecule has 0 aliphatic rings. The van der Waals surface area contributed by atoms with Gasteiger partial charge in [-0.05, 0) is 18.9 Å². The molecule has 0 fully saturated rings. The molecule has 0 heterocycles. The molecule has 0 aliphatic heterocycles. The number of hydrogen-bond acceptors (Lipinski definition) is 4. The maximum atomic E-state index is 2.23. The van der Waals surface area contributed by atoms with Gasteiger partial charge in [0.15, 0.2) is 0 Å². The third-order valence-corrected chi connectivity index (χ3v) is 6.08. The minimum Gasteiger partial charge on any atom is -0.0964 e. The maximum Gasteiger partial charge on any atom is 0.0706 e. The van der Waals surface area contributed by atoms with Crippen molar-refractivity contribution in [2.24, 2.45) is 0 Å². The zero-order valence-electron chi connectivity index (χ0n) is 5.92. The molecule has 0 bridgehead atoms. The number of rotatable bonds is 5. The van der Waals surface area contributed by atoms with Crippen LogP contribution in [0.1, 0.15) is 13.3 Å². The second-order valence-corrected chi connectivity index (χ2v) is 7.01. The summed E-state index contributed by atoms with van der Waals surface area (Å²) in [6.45, 7) is 2.23. The number of hydrogen-bond donors (Lipinski definition) is 0. The summed E-state index contributed by atoms with van der Waals surface area (Å²) in [5.41, 5.74) is 0. The second-order valence-electron chi connectivity index (χ2n) is 1.36. The second kappa shape index (κ2) is 7.51. The molecule has 0 radical (unpaired) electrons. The Morgan fingerprint density at radius 3 is 1.78 bits per heavy atom. The monoisotopic (exact) mass is 200 g/mol. The Labute approximate surface area is 73.5 Å². The first-order valence-electron chi connectivity index (χ1n) is 2.74. The van der Waals surface area contributed by atoms with E-state index in [9.17, 15) is 0 Å². The molecule has 0 rings (SSSR count). The third-order valence-electron chi connectivity index (χ3n) is 0.740. The molecule has 0 atom stereocenters. The van der Waals surface area contributed by atoms with Crippen LogP contribution >= 0.6 is 43.2 Å². The van der Waals surface area contributed by atoms with Crippen LogP contribution in [-0.2, 0) is 0 Å². The molecule has 56 valence electrons.